The molecule has 0 radical (unpaired) electrons. The van der Waals surface area contributed by atoms with E-state index < -0.39 is 17.6 Å². The first-order valence-electron chi connectivity index (χ1n) is 13.3. The lowest BCUT2D eigenvalue weighted by molar-refractivity contribution is -0.137. The van der Waals surface area contributed by atoms with Crippen LogP contribution in [0.25, 0.3) is 16.9 Å². The molecule has 0 spiro atoms. The van der Waals surface area contributed by atoms with Crippen molar-refractivity contribution in [2.24, 2.45) is 7.05 Å². The van der Waals surface area contributed by atoms with Crippen LogP contribution >= 0.6 is 0 Å². The number of alkyl halides is 3. The number of piperazine rings is 1. The lowest BCUT2D eigenvalue weighted by Crippen LogP contribution is -2.46. The number of nitrogens with one attached hydrogen (secondary N) is 1. The number of benzene rings is 1. The van der Waals surface area contributed by atoms with Crippen LogP contribution in [-0.4, -0.2) is 73.3 Å². The fourth-order valence-corrected chi connectivity index (χ4v) is 4.95. The summed E-state index contributed by atoms with van der Waals surface area (Å²) in [5, 5.41) is 15.4. The van der Waals surface area contributed by atoms with Crippen molar-refractivity contribution in [1.82, 2.24) is 34.7 Å². The molecule has 1 amide bonds. The van der Waals surface area contributed by atoms with Crippen molar-refractivity contribution in [2.75, 3.05) is 42.9 Å². The van der Waals surface area contributed by atoms with E-state index in [-0.39, 0.29) is 11.3 Å². The van der Waals surface area contributed by atoms with Gasteiger partial charge in [0, 0.05) is 62.1 Å². The highest BCUT2D eigenvalue weighted by Gasteiger charge is 2.33. The van der Waals surface area contributed by atoms with Gasteiger partial charge in [-0.25, -0.2) is 4.68 Å². The molecule has 0 atom stereocenters. The van der Waals surface area contributed by atoms with E-state index in [1.807, 2.05) is 18.9 Å². The van der Waals surface area contributed by atoms with Crippen molar-refractivity contribution < 1.29 is 18.0 Å². The van der Waals surface area contributed by atoms with E-state index in [2.05, 4.69) is 37.5 Å². The van der Waals surface area contributed by atoms with Crippen LogP contribution in [0.4, 0.5) is 24.5 Å². The molecule has 4 aromatic rings. The van der Waals surface area contributed by atoms with Gasteiger partial charge in [-0.1, -0.05) is 12.1 Å². The fraction of sp³-hybridized carbons (Fsp3) is 0.393. The normalized spacial score (nSPS) is 14.5. The summed E-state index contributed by atoms with van der Waals surface area (Å²) in [5.74, 6) is -0.577. The van der Waals surface area contributed by atoms with Crippen LogP contribution in [0.1, 0.15) is 39.8 Å². The average molecular weight is 568 g/mol. The Morgan fingerprint density at radius 1 is 1.02 bits per heavy atom. The second-order valence-corrected chi connectivity index (χ2v) is 10.2. The van der Waals surface area contributed by atoms with E-state index in [0.717, 1.165) is 37.0 Å². The number of hydrogen-bond acceptors (Lipinski definition) is 7. The van der Waals surface area contributed by atoms with Crippen LogP contribution < -0.4 is 10.2 Å². The lowest BCUT2D eigenvalue weighted by atomic mass is 10.0. The number of amides is 1. The first-order chi connectivity index (χ1) is 19.5. The fourth-order valence-electron chi connectivity index (χ4n) is 4.95. The largest absolute Gasteiger partial charge is 0.416 e. The van der Waals surface area contributed by atoms with Gasteiger partial charge in [-0.2, -0.15) is 18.3 Å². The number of hydrogen-bond donors (Lipinski definition) is 1. The standard InChI is InChI=1S/C28H32F3N9O/c1-6-38-7-9-39(10-8-38)25-13-21(28(29,30)31)12-23(17(25)2)34-27(41)20-11-26(18(3)32-14-20)40-16-24(35-36-40)22-15-33-37(5)19(22)4/h11-16H,6-10H2,1-5H3,(H,34,41). The van der Waals surface area contributed by atoms with Crippen LogP contribution in [0.3, 0.4) is 0 Å². The van der Waals surface area contributed by atoms with Crippen molar-refractivity contribution in [3.8, 4) is 16.9 Å². The summed E-state index contributed by atoms with van der Waals surface area (Å²) in [6, 6.07) is 3.76. The van der Waals surface area contributed by atoms with Crippen molar-refractivity contribution in [3.63, 3.8) is 0 Å². The first-order valence-corrected chi connectivity index (χ1v) is 13.3. The van der Waals surface area contributed by atoms with E-state index in [1.54, 1.807) is 37.0 Å². The van der Waals surface area contributed by atoms with Crippen molar-refractivity contribution in [2.45, 2.75) is 33.9 Å². The third-order valence-corrected chi connectivity index (χ3v) is 7.69. The molecule has 0 aliphatic carbocycles. The van der Waals surface area contributed by atoms with Gasteiger partial charge in [-0.05, 0) is 51.1 Å². The minimum Gasteiger partial charge on any atom is -0.369 e. The molecule has 41 heavy (non-hydrogen) atoms. The van der Waals surface area contributed by atoms with Gasteiger partial charge in [-0.3, -0.25) is 14.5 Å². The van der Waals surface area contributed by atoms with Gasteiger partial charge in [0.15, 0.2) is 0 Å². The molecule has 1 N–H and O–H groups in total. The topological polar surface area (TPSA) is 97.0 Å². The Morgan fingerprint density at radius 2 is 1.76 bits per heavy atom. The molecule has 0 saturated carbocycles. The van der Waals surface area contributed by atoms with E-state index in [1.165, 1.54) is 16.9 Å². The summed E-state index contributed by atoms with van der Waals surface area (Å²) in [7, 11) is 1.83. The molecule has 1 aliphatic heterocycles. The maximum Gasteiger partial charge on any atom is 0.416 e. The number of rotatable bonds is 6. The summed E-state index contributed by atoms with van der Waals surface area (Å²) >= 11 is 0. The number of carbonyl (C=O) groups excluding carboxylic acids is 1. The zero-order valence-electron chi connectivity index (χ0n) is 23.6. The predicted octanol–water partition coefficient (Wildman–Crippen LogP) is 4.40. The third-order valence-electron chi connectivity index (χ3n) is 7.69. The van der Waals surface area contributed by atoms with Gasteiger partial charge < -0.3 is 15.1 Å². The Bertz CT molecular complexity index is 1580. The van der Waals surface area contributed by atoms with Crippen molar-refractivity contribution >= 4 is 17.3 Å². The van der Waals surface area contributed by atoms with Crippen LogP contribution in [0, 0.1) is 20.8 Å². The molecular formula is C28H32F3N9O. The lowest BCUT2D eigenvalue weighted by Gasteiger charge is -2.37. The molecule has 1 saturated heterocycles. The summed E-state index contributed by atoms with van der Waals surface area (Å²) in [5.41, 5.74) is 3.99. The van der Waals surface area contributed by atoms with Crippen LogP contribution in [0.5, 0.6) is 0 Å². The number of likely N-dealkylation sites (N-methyl/N-ethyl adjacent to an activating group) is 1. The van der Waals surface area contributed by atoms with Gasteiger partial charge in [0.05, 0.1) is 34.9 Å². The minimum absolute atomic E-state index is 0.106. The molecule has 5 rings (SSSR count). The van der Waals surface area contributed by atoms with Gasteiger partial charge in [0.1, 0.15) is 5.69 Å². The quantitative estimate of drug-likeness (QED) is 0.369. The highest BCUT2D eigenvalue weighted by molar-refractivity contribution is 6.05. The Kier molecular flexibility index (Phi) is 7.56. The number of halogens is 3. The van der Waals surface area contributed by atoms with Gasteiger partial charge in [0.2, 0.25) is 0 Å². The number of carbonyl (C=O) groups is 1. The monoisotopic (exact) mass is 567 g/mol. The molecular weight excluding hydrogens is 535 g/mol. The van der Waals surface area contributed by atoms with Crippen LogP contribution in [-0.2, 0) is 13.2 Å². The number of anilines is 2. The van der Waals surface area contributed by atoms with E-state index in [0.29, 0.717) is 41.4 Å². The Balaban J connectivity index is 1.44. The first kappa shape index (κ1) is 28.3. The second-order valence-electron chi connectivity index (χ2n) is 10.2. The average Bonchev–Trinajstić information content (AvgIpc) is 3.56. The van der Waals surface area contributed by atoms with Crippen molar-refractivity contribution in [3.05, 3.63) is 64.9 Å². The highest BCUT2D eigenvalue weighted by Crippen LogP contribution is 2.38. The molecule has 0 unspecified atom stereocenters. The van der Waals surface area contributed by atoms with E-state index >= 15 is 0 Å². The number of aryl methyl sites for hydroxylation is 2. The molecule has 13 heteroatoms. The van der Waals surface area contributed by atoms with Gasteiger partial charge >= 0.3 is 6.18 Å². The molecule has 3 aromatic heterocycles. The Hall–Kier alpha value is -4.26. The minimum atomic E-state index is -4.57. The Morgan fingerprint density at radius 3 is 2.39 bits per heavy atom. The smallest absolute Gasteiger partial charge is 0.369 e. The molecule has 216 valence electrons. The third kappa shape index (κ3) is 5.67. The number of nitrogens with zero attached hydrogens (tertiary/aromatic N) is 8. The molecule has 1 aliphatic rings. The molecule has 10 nitrogen and oxygen atoms in total. The summed E-state index contributed by atoms with van der Waals surface area (Å²) < 4.78 is 44.9. The SMILES string of the molecule is CCN1CCN(c2cc(C(F)(F)F)cc(NC(=O)c3cnc(C)c(-n4cc(-c5cnn(C)c5C)nn4)c3)c2C)CC1. The predicted molar refractivity (Wildman–Crippen MR) is 149 cm³/mol. The van der Waals surface area contributed by atoms with Crippen LogP contribution in [0.2, 0.25) is 0 Å². The summed E-state index contributed by atoms with van der Waals surface area (Å²) in [6.07, 6.45) is 0.250. The second kappa shape index (κ2) is 11.0. The summed E-state index contributed by atoms with van der Waals surface area (Å²) in [6.45, 7) is 11.1. The maximum atomic E-state index is 13.9. The van der Waals surface area contributed by atoms with Gasteiger partial charge in [0.25, 0.3) is 5.91 Å². The molecule has 4 heterocycles. The zero-order valence-corrected chi connectivity index (χ0v) is 23.6. The van der Waals surface area contributed by atoms with Crippen LogP contribution in [0.15, 0.2) is 36.8 Å². The summed E-state index contributed by atoms with van der Waals surface area (Å²) in [4.78, 5) is 21.9. The van der Waals surface area contributed by atoms with Gasteiger partial charge in [-0.15, -0.1) is 5.10 Å². The van der Waals surface area contributed by atoms with Crippen molar-refractivity contribution in [1.29, 1.82) is 0 Å². The Labute approximate surface area is 235 Å². The zero-order chi connectivity index (χ0) is 29.5. The molecule has 1 fully saturated rings. The maximum absolute atomic E-state index is 13.9. The molecule has 1 aromatic carbocycles. The van der Waals surface area contributed by atoms with E-state index in [4.69, 9.17) is 0 Å². The number of aromatic nitrogens is 6. The molecule has 0 bridgehead atoms. The number of pyridine rings is 1. The van der Waals surface area contributed by atoms with E-state index in [9.17, 15) is 18.0 Å². The highest BCUT2D eigenvalue weighted by atomic mass is 19.4.